The molecule has 8 nitrogen and oxygen atoms in total. The van der Waals surface area contributed by atoms with E-state index < -0.39 is 18.0 Å². The predicted octanol–water partition coefficient (Wildman–Crippen LogP) is 3.65. The van der Waals surface area contributed by atoms with Gasteiger partial charge in [0.05, 0.1) is 11.4 Å². The number of fused-ring (bicyclic) bond motifs is 1. The zero-order valence-electron chi connectivity index (χ0n) is 15.4. The lowest BCUT2D eigenvalue weighted by Gasteiger charge is -2.13. The number of imidazole rings is 1. The lowest BCUT2D eigenvalue weighted by Crippen LogP contribution is -2.18. The van der Waals surface area contributed by atoms with Crippen molar-refractivity contribution in [3.8, 4) is 17.0 Å². The Morgan fingerprint density at radius 2 is 1.90 bits per heavy atom. The Labute approximate surface area is 167 Å². The van der Waals surface area contributed by atoms with Crippen molar-refractivity contribution >= 4 is 17.4 Å². The van der Waals surface area contributed by atoms with Crippen molar-refractivity contribution in [3.63, 3.8) is 0 Å². The fourth-order valence-corrected chi connectivity index (χ4v) is 2.88. The number of ether oxygens (including phenoxy) is 1. The second-order valence-corrected chi connectivity index (χ2v) is 6.14. The van der Waals surface area contributed by atoms with E-state index in [1.54, 1.807) is 31.2 Å². The van der Waals surface area contributed by atoms with Crippen LogP contribution in [0.3, 0.4) is 0 Å². The van der Waals surface area contributed by atoms with Crippen molar-refractivity contribution in [2.75, 3.05) is 5.32 Å². The van der Waals surface area contributed by atoms with E-state index in [0.717, 1.165) is 0 Å². The molecule has 0 atom stereocenters. The summed E-state index contributed by atoms with van der Waals surface area (Å²) in [6.45, 7) is 1.63. The van der Waals surface area contributed by atoms with Crippen LogP contribution in [0.15, 0.2) is 54.7 Å². The first kappa shape index (κ1) is 19.3. The summed E-state index contributed by atoms with van der Waals surface area (Å²) in [7, 11) is 0. The van der Waals surface area contributed by atoms with Crippen molar-refractivity contribution in [2.45, 2.75) is 13.3 Å². The molecule has 1 N–H and O–H groups in total. The highest BCUT2D eigenvalue weighted by atomic mass is 19.4. The Morgan fingerprint density at radius 1 is 1.10 bits per heavy atom. The van der Waals surface area contributed by atoms with E-state index in [9.17, 15) is 18.0 Å². The first-order valence-electron chi connectivity index (χ1n) is 8.62. The molecular formula is C19H13F3N6O2. The molecule has 0 radical (unpaired) electrons. The largest absolute Gasteiger partial charge is 0.573 e. The van der Waals surface area contributed by atoms with Gasteiger partial charge < -0.3 is 10.1 Å². The normalized spacial score (nSPS) is 11.5. The maximum atomic E-state index is 12.8. The summed E-state index contributed by atoms with van der Waals surface area (Å²) in [5, 5.41) is 14.4. The first-order valence-corrected chi connectivity index (χ1v) is 8.62. The Balaban J connectivity index is 1.77. The molecule has 4 rings (SSSR count). The standard InChI is InChI=1S/C19H13F3N6O2/c1-11-17(18(29)25-15-7-4-10-23-26-15)28-16(24-11)9-8-13(27-28)12-5-2-3-6-14(12)30-19(20,21)22/h2-10H,1H3,(H,25,26,29). The topological polar surface area (TPSA) is 94.3 Å². The van der Waals surface area contributed by atoms with Gasteiger partial charge in [0.1, 0.15) is 5.75 Å². The molecule has 0 aliphatic rings. The summed E-state index contributed by atoms with van der Waals surface area (Å²) in [5.41, 5.74) is 1.15. The first-order chi connectivity index (χ1) is 14.3. The van der Waals surface area contributed by atoms with Crippen molar-refractivity contribution in [1.82, 2.24) is 24.8 Å². The average Bonchev–Trinajstić information content (AvgIpc) is 3.03. The molecule has 152 valence electrons. The van der Waals surface area contributed by atoms with Crippen molar-refractivity contribution in [1.29, 1.82) is 0 Å². The van der Waals surface area contributed by atoms with Gasteiger partial charge in [0.15, 0.2) is 17.2 Å². The molecule has 0 aliphatic carbocycles. The van der Waals surface area contributed by atoms with Crippen LogP contribution in [0.1, 0.15) is 16.2 Å². The highest BCUT2D eigenvalue weighted by Crippen LogP contribution is 2.32. The summed E-state index contributed by atoms with van der Waals surface area (Å²) in [5.74, 6) is -0.707. The van der Waals surface area contributed by atoms with Crippen LogP contribution in [-0.4, -0.2) is 37.1 Å². The second-order valence-electron chi connectivity index (χ2n) is 6.14. The molecule has 30 heavy (non-hydrogen) atoms. The molecule has 1 aromatic carbocycles. The van der Waals surface area contributed by atoms with Gasteiger partial charge in [0.2, 0.25) is 0 Å². The third-order valence-electron chi connectivity index (χ3n) is 4.07. The predicted molar refractivity (Wildman–Crippen MR) is 99.8 cm³/mol. The number of rotatable bonds is 4. The lowest BCUT2D eigenvalue weighted by atomic mass is 10.1. The SMILES string of the molecule is Cc1nc2ccc(-c3ccccc3OC(F)(F)F)nn2c1C(=O)Nc1cccnn1. The maximum Gasteiger partial charge on any atom is 0.573 e. The summed E-state index contributed by atoms with van der Waals surface area (Å²) in [6.07, 6.45) is -3.39. The van der Waals surface area contributed by atoms with E-state index in [1.807, 2.05) is 0 Å². The molecule has 4 aromatic rings. The molecule has 0 bridgehead atoms. The van der Waals surface area contributed by atoms with Gasteiger partial charge in [-0.2, -0.15) is 10.2 Å². The molecule has 3 heterocycles. The Hall–Kier alpha value is -4.02. The third-order valence-corrected chi connectivity index (χ3v) is 4.07. The number of para-hydroxylation sites is 1. The summed E-state index contributed by atoms with van der Waals surface area (Å²) < 4.78 is 43.6. The number of hydrogen-bond acceptors (Lipinski definition) is 6. The summed E-state index contributed by atoms with van der Waals surface area (Å²) >= 11 is 0. The molecule has 1 amide bonds. The van der Waals surface area contributed by atoms with E-state index in [1.165, 1.54) is 35.0 Å². The van der Waals surface area contributed by atoms with Crippen molar-refractivity contribution < 1.29 is 22.7 Å². The van der Waals surface area contributed by atoms with Crippen LogP contribution in [0, 0.1) is 6.92 Å². The number of alkyl halides is 3. The lowest BCUT2D eigenvalue weighted by molar-refractivity contribution is -0.274. The van der Waals surface area contributed by atoms with Gasteiger partial charge >= 0.3 is 6.36 Å². The van der Waals surface area contributed by atoms with Gasteiger partial charge in [-0.25, -0.2) is 9.50 Å². The number of amides is 1. The van der Waals surface area contributed by atoms with Crippen LogP contribution < -0.4 is 10.1 Å². The maximum absolute atomic E-state index is 12.8. The van der Waals surface area contributed by atoms with E-state index >= 15 is 0 Å². The Morgan fingerprint density at radius 3 is 2.63 bits per heavy atom. The number of aromatic nitrogens is 5. The molecule has 0 saturated carbocycles. The van der Waals surface area contributed by atoms with Crippen LogP contribution in [0.4, 0.5) is 19.0 Å². The fraction of sp³-hybridized carbons (Fsp3) is 0.105. The second kappa shape index (κ2) is 7.43. The van der Waals surface area contributed by atoms with Crippen LogP contribution >= 0.6 is 0 Å². The third kappa shape index (κ3) is 3.90. The van der Waals surface area contributed by atoms with E-state index in [0.29, 0.717) is 11.3 Å². The van der Waals surface area contributed by atoms with Gasteiger partial charge in [0, 0.05) is 11.8 Å². The van der Waals surface area contributed by atoms with Crippen molar-refractivity contribution in [2.24, 2.45) is 0 Å². The molecule has 0 spiro atoms. The number of nitrogens with one attached hydrogen (secondary N) is 1. The van der Waals surface area contributed by atoms with E-state index in [-0.39, 0.29) is 22.8 Å². The van der Waals surface area contributed by atoms with Gasteiger partial charge in [-0.1, -0.05) is 12.1 Å². The average molecular weight is 414 g/mol. The number of halogens is 3. The van der Waals surface area contributed by atoms with E-state index in [4.69, 9.17) is 0 Å². The smallest absolute Gasteiger partial charge is 0.405 e. The van der Waals surface area contributed by atoms with Crippen LogP contribution in [0.2, 0.25) is 0 Å². The highest BCUT2D eigenvalue weighted by molar-refractivity contribution is 6.03. The number of carbonyl (C=O) groups is 1. The number of anilines is 1. The van der Waals surface area contributed by atoms with Crippen LogP contribution in [0.25, 0.3) is 16.9 Å². The zero-order chi connectivity index (χ0) is 21.3. The van der Waals surface area contributed by atoms with Crippen LogP contribution in [0.5, 0.6) is 5.75 Å². The number of carbonyl (C=O) groups excluding carboxylic acids is 1. The highest BCUT2D eigenvalue weighted by Gasteiger charge is 2.32. The fourth-order valence-electron chi connectivity index (χ4n) is 2.88. The molecule has 0 aliphatic heterocycles. The molecule has 0 unspecified atom stereocenters. The number of benzene rings is 1. The minimum absolute atomic E-state index is 0.114. The Kier molecular flexibility index (Phi) is 4.78. The minimum atomic E-state index is -4.85. The number of aryl methyl sites for hydroxylation is 1. The van der Waals surface area contributed by atoms with Gasteiger partial charge in [0.25, 0.3) is 5.91 Å². The van der Waals surface area contributed by atoms with Gasteiger partial charge in [-0.05, 0) is 43.3 Å². The quantitative estimate of drug-likeness (QED) is 0.548. The van der Waals surface area contributed by atoms with Gasteiger partial charge in [-0.3, -0.25) is 4.79 Å². The van der Waals surface area contributed by atoms with Crippen molar-refractivity contribution in [3.05, 3.63) is 66.1 Å². The minimum Gasteiger partial charge on any atom is -0.405 e. The summed E-state index contributed by atoms with van der Waals surface area (Å²) in [4.78, 5) is 17.0. The number of nitrogens with zero attached hydrogens (tertiary/aromatic N) is 5. The molecular weight excluding hydrogens is 401 g/mol. The molecule has 3 aromatic heterocycles. The Bertz CT molecular complexity index is 1220. The van der Waals surface area contributed by atoms with Gasteiger partial charge in [-0.15, -0.1) is 18.3 Å². The van der Waals surface area contributed by atoms with E-state index in [2.05, 4.69) is 30.3 Å². The molecule has 0 saturated heterocycles. The summed E-state index contributed by atoms with van der Waals surface area (Å²) in [6, 6.07) is 11.8. The van der Waals surface area contributed by atoms with Crippen LogP contribution in [-0.2, 0) is 0 Å². The number of hydrogen-bond donors (Lipinski definition) is 1. The monoisotopic (exact) mass is 414 g/mol. The molecule has 11 heteroatoms. The zero-order valence-corrected chi connectivity index (χ0v) is 15.4. The molecule has 0 fully saturated rings.